The summed E-state index contributed by atoms with van der Waals surface area (Å²) in [7, 11) is 0. The van der Waals surface area contributed by atoms with E-state index in [0.717, 1.165) is 38.4 Å². The Hall–Kier alpha value is -1.06. The quantitative estimate of drug-likeness (QED) is 0.745. The Bertz CT molecular complexity index is 350. The van der Waals surface area contributed by atoms with Crippen molar-refractivity contribution in [2.75, 3.05) is 32.8 Å². The molecule has 1 aromatic carbocycles. The molecule has 0 saturated carbocycles. The van der Waals surface area contributed by atoms with Crippen LogP contribution >= 0.6 is 0 Å². The van der Waals surface area contributed by atoms with Crippen molar-refractivity contribution in [2.24, 2.45) is 11.7 Å². The lowest BCUT2D eigenvalue weighted by molar-refractivity contribution is 0.195. The molecule has 0 heterocycles. The predicted molar refractivity (Wildman–Crippen MR) is 81.6 cm³/mol. The Morgan fingerprint density at radius 3 is 2.63 bits per heavy atom. The van der Waals surface area contributed by atoms with Gasteiger partial charge in [0.05, 0.1) is 6.61 Å². The number of rotatable bonds is 9. The second kappa shape index (κ2) is 8.94. The van der Waals surface area contributed by atoms with Gasteiger partial charge >= 0.3 is 0 Å². The lowest BCUT2D eigenvalue weighted by Crippen LogP contribution is -2.30. The SMILES string of the molecule is CCN(CC)CC(C)COc1cccc(CCN)c1. The Kier molecular flexibility index (Phi) is 7.53. The number of hydrogen-bond donors (Lipinski definition) is 1. The monoisotopic (exact) mass is 264 g/mol. The molecule has 0 amide bonds. The largest absolute Gasteiger partial charge is 0.493 e. The summed E-state index contributed by atoms with van der Waals surface area (Å²) in [5, 5.41) is 0. The highest BCUT2D eigenvalue weighted by atomic mass is 16.5. The molecule has 1 aromatic rings. The fraction of sp³-hybridized carbons (Fsp3) is 0.625. The van der Waals surface area contributed by atoms with Gasteiger partial charge in [0, 0.05) is 12.5 Å². The van der Waals surface area contributed by atoms with Crippen LogP contribution in [0, 0.1) is 5.92 Å². The normalized spacial score (nSPS) is 12.7. The first-order chi connectivity index (χ1) is 9.19. The van der Waals surface area contributed by atoms with Crippen LogP contribution in [0.2, 0.25) is 0 Å². The summed E-state index contributed by atoms with van der Waals surface area (Å²) in [6.45, 7) is 11.4. The van der Waals surface area contributed by atoms with Crippen LogP contribution in [-0.4, -0.2) is 37.7 Å². The highest BCUT2D eigenvalue weighted by molar-refractivity contribution is 5.28. The van der Waals surface area contributed by atoms with Gasteiger partial charge in [-0.2, -0.15) is 0 Å². The second-order valence-corrected chi connectivity index (χ2v) is 5.09. The summed E-state index contributed by atoms with van der Waals surface area (Å²) >= 11 is 0. The van der Waals surface area contributed by atoms with Gasteiger partial charge in [0.15, 0.2) is 0 Å². The molecule has 2 N–H and O–H groups in total. The lowest BCUT2D eigenvalue weighted by Gasteiger charge is -2.22. The third-order valence-electron chi connectivity index (χ3n) is 3.33. The minimum absolute atomic E-state index is 0.540. The topological polar surface area (TPSA) is 38.5 Å². The first-order valence-corrected chi connectivity index (χ1v) is 7.33. The molecular weight excluding hydrogens is 236 g/mol. The lowest BCUT2D eigenvalue weighted by atomic mass is 10.1. The molecule has 3 nitrogen and oxygen atoms in total. The van der Waals surface area contributed by atoms with Crippen molar-refractivity contribution < 1.29 is 4.74 Å². The zero-order chi connectivity index (χ0) is 14.1. The molecule has 0 bridgehead atoms. The number of ether oxygens (including phenoxy) is 1. The summed E-state index contributed by atoms with van der Waals surface area (Å²) in [6, 6.07) is 8.25. The molecule has 1 rings (SSSR count). The first-order valence-electron chi connectivity index (χ1n) is 7.33. The highest BCUT2D eigenvalue weighted by Gasteiger charge is 2.08. The Morgan fingerprint density at radius 1 is 1.26 bits per heavy atom. The summed E-state index contributed by atoms with van der Waals surface area (Å²) < 4.78 is 5.88. The van der Waals surface area contributed by atoms with Crippen LogP contribution in [0.1, 0.15) is 26.3 Å². The summed E-state index contributed by atoms with van der Waals surface area (Å²) in [5.74, 6) is 1.50. The molecule has 0 aromatic heterocycles. The number of benzene rings is 1. The van der Waals surface area contributed by atoms with E-state index in [1.165, 1.54) is 5.56 Å². The van der Waals surface area contributed by atoms with Gasteiger partial charge in [-0.05, 0) is 43.8 Å². The van der Waals surface area contributed by atoms with E-state index in [1.807, 2.05) is 12.1 Å². The van der Waals surface area contributed by atoms with E-state index in [4.69, 9.17) is 10.5 Å². The molecule has 19 heavy (non-hydrogen) atoms. The minimum atomic E-state index is 0.540. The molecule has 0 aliphatic carbocycles. The van der Waals surface area contributed by atoms with Crippen LogP contribution in [0.25, 0.3) is 0 Å². The number of nitrogens with zero attached hydrogens (tertiary/aromatic N) is 1. The molecule has 3 heteroatoms. The Morgan fingerprint density at radius 2 is 2.00 bits per heavy atom. The molecule has 0 radical (unpaired) electrons. The average Bonchev–Trinajstić information content (AvgIpc) is 2.43. The summed E-state index contributed by atoms with van der Waals surface area (Å²) in [6.07, 6.45) is 0.909. The van der Waals surface area contributed by atoms with Crippen molar-refractivity contribution in [3.63, 3.8) is 0 Å². The standard InChI is InChI=1S/C16H28N2O/c1-4-18(5-2)12-14(3)13-19-16-8-6-7-15(11-16)9-10-17/h6-8,11,14H,4-5,9-10,12-13,17H2,1-3H3. The van der Waals surface area contributed by atoms with Crippen LogP contribution in [-0.2, 0) is 6.42 Å². The summed E-state index contributed by atoms with van der Waals surface area (Å²) in [5.41, 5.74) is 6.82. The third-order valence-corrected chi connectivity index (χ3v) is 3.33. The van der Waals surface area contributed by atoms with Gasteiger partial charge in [-0.3, -0.25) is 0 Å². The van der Waals surface area contributed by atoms with Gasteiger partial charge in [0.2, 0.25) is 0 Å². The molecular formula is C16H28N2O. The van der Waals surface area contributed by atoms with E-state index >= 15 is 0 Å². The van der Waals surface area contributed by atoms with Crippen molar-refractivity contribution in [1.29, 1.82) is 0 Å². The molecule has 1 atom stereocenters. The van der Waals surface area contributed by atoms with Crippen molar-refractivity contribution in [1.82, 2.24) is 4.90 Å². The maximum atomic E-state index is 5.88. The summed E-state index contributed by atoms with van der Waals surface area (Å²) in [4.78, 5) is 2.43. The van der Waals surface area contributed by atoms with Gasteiger partial charge in [0.25, 0.3) is 0 Å². The highest BCUT2D eigenvalue weighted by Crippen LogP contribution is 2.14. The first kappa shape index (κ1) is 16.0. The molecule has 0 saturated heterocycles. The fourth-order valence-corrected chi connectivity index (χ4v) is 2.17. The zero-order valence-corrected chi connectivity index (χ0v) is 12.6. The molecule has 0 fully saturated rings. The van der Waals surface area contributed by atoms with E-state index in [9.17, 15) is 0 Å². The van der Waals surface area contributed by atoms with Crippen LogP contribution in [0.4, 0.5) is 0 Å². The predicted octanol–water partition coefficient (Wildman–Crippen LogP) is 2.54. The fourth-order valence-electron chi connectivity index (χ4n) is 2.17. The zero-order valence-electron chi connectivity index (χ0n) is 12.6. The molecule has 0 spiro atoms. The van der Waals surface area contributed by atoms with E-state index in [2.05, 4.69) is 37.8 Å². The van der Waals surface area contributed by atoms with E-state index in [-0.39, 0.29) is 0 Å². The number of nitrogens with two attached hydrogens (primary N) is 1. The van der Waals surface area contributed by atoms with Crippen molar-refractivity contribution in [3.8, 4) is 5.75 Å². The van der Waals surface area contributed by atoms with E-state index < -0.39 is 0 Å². The molecule has 0 aliphatic heterocycles. The van der Waals surface area contributed by atoms with Crippen LogP contribution in [0.5, 0.6) is 5.75 Å². The Balaban J connectivity index is 2.40. The van der Waals surface area contributed by atoms with Crippen molar-refractivity contribution in [3.05, 3.63) is 29.8 Å². The Labute approximate surface area is 117 Å². The molecule has 0 aliphatic rings. The molecule has 1 unspecified atom stereocenters. The van der Waals surface area contributed by atoms with Gasteiger partial charge < -0.3 is 15.4 Å². The smallest absolute Gasteiger partial charge is 0.119 e. The van der Waals surface area contributed by atoms with Gasteiger partial charge in [0.1, 0.15) is 5.75 Å². The minimum Gasteiger partial charge on any atom is -0.493 e. The number of hydrogen-bond acceptors (Lipinski definition) is 3. The van der Waals surface area contributed by atoms with Gasteiger partial charge in [-0.25, -0.2) is 0 Å². The maximum Gasteiger partial charge on any atom is 0.119 e. The molecule has 108 valence electrons. The van der Waals surface area contributed by atoms with Gasteiger partial charge in [-0.15, -0.1) is 0 Å². The van der Waals surface area contributed by atoms with Crippen LogP contribution in [0.15, 0.2) is 24.3 Å². The van der Waals surface area contributed by atoms with Crippen LogP contribution < -0.4 is 10.5 Å². The van der Waals surface area contributed by atoms with Gasteiger partial charge in [-0.1, -0.05) is 32.9 Å². The van der Waals surface area contributed by atoms with E-state index in [0.29, 0.717) is 12.5 Å². The average molecular weight is 264 g/mol. The van der Waals surface area contributed by atoms with Crippen molar-refractivity contribution in [2.45, 2.75) is 27.2 Å². The van der Waals surface area contributed by atoms with Crippen LogP contribution in [0.3, 0.4) is 0 Å². The second-order valence-electron chi connectivity index (χ2n) is 5.09. The van der Waals surface area contributed by atoms with Crippen molar-refractivity contribution >= 4 is 0 Å². The third kappa shape index (κ3) is 6.08. The maximum absolute atomic E-state index is 5.88. The van der Waals surface area contributed by atoms with E-state index in [1.54, 1.807) is 0 Å².